The van der Waals surface area contributed by atoms with Gasteiger partial charge in [-0.3, -0.25) is 14.5 Å². The van der Waals surface area contributed by atoms with Crippen LogP contribution in [0.25, 0.3) is 0 Å². The number of Topliss-reactive ketones (excluding diaryl/α,β-unsaturated/α-hetero) is 1. The van der Waals surface area contributed by atoms with Crippen LogP contribution in [-0.2, 0) is 22.7 Å². The summed E-state index contributed by atoms with van der Waals surface area (Å²) in [6.07, 6.45) is 2.52. The third-order valence-electron chi connectivity index (χ3n) is 6.62. The Balaban J connectivity index is 1.35. The number of para-hydroxylation sites is 2. The Hall–Kier alpha value is -3.63. The van der Waals surface area contributed by atoms with Crippen molar-refractivity contribution in [2.24, 2.45) is 0 Å². The van der Waals surface area contributed by atoms with Crippen LogP contribution in [0.3, 0.4) is 0 Å². The third-order valence-corrected chi connectivity index (χ3v) is 6.62. The molecule has 0 saturated carbocycles. The number of amides is 1. The smallest absolute Gasteiger partial charge is 0.220 e. The quantitative estimate of drug-likeness (QED) is 0.482. The van der Waals surface area contributed by atoms with Crippen molar-refractivity contribution < 1.29 is 9.59 Å². The van der Waals surface area contributed by atoms with Crippen molar-refractivity contribution in [1.29, 1.82) is 5.26 Å². The minimum atomic E-state index is -0.325. The molecule has 2 aromatic rings. The fourth-order valence-electron chi connectivity index (χ4n) is 4.76. The second kappa shape index (κ2) is 10.5. The molecule has 1 amide bonds. The Morgan fingerprint density at radius 1 is 0.912 bits per heavy atom. The van der Waals surface area contributed by atoms with E-state index in [-0.39, 0.29) is 30.1 Å². The highest BCUT2D eigenvalue weighted by Crippen LogP contribution is 2.40. The maximum Gasteiger partial charge on any atom is 0.220 e. The van der Waals surface area contributed by atoms with Gasteiger partial charge in [-0.05, 0) is 49.2 Å². The number of rotatable bonds is 8. The highest BCUT2D eigenvalue weighted by Gasteiger charge is 2.31. The molecule has 7 nitrogen and oxygen atoms in total. The lowest BCUT2D eigenvalue weighted by atomic mass is 10.1. The number of carbonyl (C=O) groups is 2. The Morgan fingerprint density at radius 2 is 1.50 bits per heavy atom. The highest BCUT2D eigenvalue weighted by molar-refractivity contribution is 6.03. The van der Waals surface area contributed by atoms with Crippen molar-refractivity contribution in [3.63, 3.8) is 0 Å². The first-order valence-corrected chi connectivity index (χ1v) is 11.8. The van der Waals surface area contributed by atoms with Crippen LogP contribution in [0.1, 0.15) is 36.8 Å². The number of ketones is 1. The number of nitriles is 1. The fraction of sp³-hybridized carbons (Fsp3) is 0.370. The zero-order chi connectivity index (χ0) is 24.1. The molecule has 176 valence electrons. The van der Waals surface area contributed by atoms with Crippen LogP contribution in [0.5, 0.6) is 0 Å². The van der Waals surface area contributed by atoms with Crippen molar-refractivity contribution >= 4 is 23.1 Å². The van der Waals surface area contributed by atoms with E-state index in [4.69, 9.17) is 0 Å². The number of fused-ring (bicyclic) bond motifs is 1. The van der Waals surface area contributed by atoms with E-state index in [2.05, 4.69) is 22.4 Å². The maximum atomic E-state index is 12.9. The molecule has 34 heavy (non-hydrogen) atoms. The Kier molecular flexibility index (Phi) is 7.29. The molecule has 2 aliphatic rings. The molecular formula is C27H31N5O2. The predicted molar refractivity (Wildman–Crippen MR) is 133 cm³/mol. The summed E-state index contributed by atoms with van der Waals surface area (Å²) in [5.74, 6) is 0.0292. The molecule has 0 atom stereocenters. The Bertz CT molecular complexity index is 1110. The van der Waals surface area contributed by atoms with E-state index in [0.717, 1.165) is 36.6 Å². The summed E-state index contributed by atoms with van der Waals surface area (Å²) in [7, 11) is 3.68. The van der Waals surface area contributed by atoms with Crippen LogP contribution in [0.2, 0.25) is 0 Å². The minimum absolute atomic E-state index is 0.00826. The van der Waals surface area contributed by atoms with Crippen LogP contribution in [0, 0.1) is 11.3 Å². The van der Waals surface area contributed by atoms with E-state index in [1.807, 2.05) is 66.4 Å². The Labute approximate surface area is 201 Å². The number of likely N-dealkylation sites (tertiary alicyclic amines) is 1. The van der Waals surface area contributed by atoms with Gasteiger partial charge in [-0.25, -0.2) is 0 Å². The summed E-state index contributed by atoms with van der Waals surface area (Å²) in [5, 5.41) is 12.7. The van der Waals surface area contributed by atoms with Gasteiger partial charge in [0.05, 0.1) is 11.4 Å². The van der Waals surface area contributed by atoms with E-state index in [1.165, 1.54) is 18.4 Å². The van der Waals surface area contributed by atoms with Crippen molar-refractivity contribution in [2.45, 2.75) is 38.8 Å². The maximum absolute atomic E-state index is 12.9. The number of allylic oxidation sites excluding steroid dienone is 1. The lowest BCUT2D eigenvalue weighted by molar-refractivity contribution is -0.124. The van der Waals surface area contributed by atoms with Gasteiger partial charge in [0.25, 0.3) is 0 Å². The van der Waals surface area contributed by atoms with Gasteiger partial charge in [-0.2, -0.15) is 5.26 Å². The van der Waals surface area contributed by atoms with E-state index < -0.39 is 0 Å². The second-order valence-electron chi connectivity index (χ2n) is 8.87. The summed E-state index contributed by atoms with van der Waals surface area (Å²) in [6.45, 7) is 3.57. The first-order chi connectivity index (χ1) is 16.5. The molecule has 4 rings (SSSR count). The molecule has 0 aliphatic carbocycles. The lowest BCUT2D eigenvalue weighted by Crippen LogP contribution is -2.27. The van der Waals surface area contributed by atoms with Crippen molar-refractivity contribution in [2.75, 3.05) is 37.0 Å². The standard InChI is InChI=1S/C27H31N5O2/c1-30-23-11-5-6-12-24(23)31(2)27(30)22(17-28)25(33)13-14-26(34)29-18-20-9-3-4-10-21(20)19-32-15-7-8-16-32/h3-6,9-12H,7-8,13-16,18-19H2,1-2H3,(H,29,34). The lowest BCUT2D eigenvalue weighted by Gasteiger charge is -2.20. The van der Waals surface area contributed by atoms with Gasteiger partial charge in [0, 0.05) is 40.0 Å². The van der Waals surface area contributed by atoms with Gasteiger partial charge in [-0.1, -0.05) is 36.4 Å². The zero-order valence-corrected chi connectivity index (χ0v) is 19.9. The van der Waals surface area contributed by atoms with Gasteiger partial charge in [0.15, 0.2) is 5.78 Å². The molecule has 1 N–H and O–H groups in total. The number of benzene rings is 2. The van der Waals surface area contributed by atoms with E-state index in [1.54, 1.807) is 0 Å². The van der Waals surface area contributed by atoms with Crippen LogP contribution >= 0.6 is 0 Å². The number of nitrogens with one attached hydrogen (secondary N) is 1. The topological polar surface area (TPSA) is 79.7 Å². The average molecular weight is 458 g/mol. The van der Waals surface area contributed by atoms with Gasteiger partial charge in [-0.15, -0.1) is 0 Å². The zero-order valence-electron chi connectivity index (χ0n) is 19.9. The minimum Gasteiger partial charge on any atom is -0.352 e. The van der Waals surface area contributed by atoms with Gasteiger partial charge < -0.3 is 15.1 Å². The molecule has 2 heterocycles. The van der Waals surface area contributed by atoms with Crippen LogP contribution in [0.15, 0.2) is 59.9 Å². The molecule has 0 unspecified atom stereocenters. The molecule has 7 heteroatoms. The fourth-order valence-corrected chi connectivity index (χ4v) is 4.76. The first kappa shape index (κ1) is 23.5. The second-order valence-corrected chi connectivity index (χ2v) is 8.87. The van der Waals surface area contributed by atoms with Gasteiger partial charge in [0.1, 0.15) is 17.5 Å². The number of nitrogens with zero attached hydrogens (tertiary/aromatic N) is 4. The van der Waals surface area contributed by atoms with E-state index in [0.29, 0.717) is 12.4 Å². The molecule has 2 aromatic carbocycles. The average Bonchev–Trinajstić information content (AvgIpc) is 3.45. The van der Waals surface area contributed by atoms with Gasteiger partial charge in [0.2, 0.25) is 5.91 Å². The molecule has 0 spiro atoms. The molecule has 1 fully saturated rings. The third kappa shape index (κ3) is 4.97. The normalized spacial score (nSPS) is 15.3. The molecule has 0 bridgehead atoms. The van der Waals surface area contributed by atoms with E-state index in [9.17, 15) is 14.9 Å². The summed E-state index contributed by atoms with van der Waals surface area (Å²) in [5.41, 5.74) is 4.27. The van der Waals surface area contributed by atoms with Crippen LogP contribution < -0.4 is 15.1 Å². The SMILES string of the molecule is CN1C(=C(C#N)C(=O)CCC(=O)NCc2ccccc2CN2CCCC2)N(C)c2ccccc21. The summed E-state index contributed by atoms with van der Waals surface area (Å²) >= 11 is 0. The molecule has 0 radical (unpaired) electrons. The van der Waals surface area contributed by atoms with Gasteiger partial charge >= 0.3 is 0 Å². The largest absolute Gasteiger partial charge is 0.352 e. The van der Waals surface area contributed by atoms with Crippen LogP contribution in [-0.4, -0.2) is 43.8 Å². The monoisotopic (exact) mass is 457 g/mol. The number of hydrogen-bond acceptors (Lipinski definition) is 6. The van der Waals surface area contributed by atoms with Crippen molar-refractivity contribution in [3.05, 3.63) is 71.1 Å². The highest BCUT2D eigenvalue weighted by atomic mass is 16.2. The van der Waals surface area contributed by atoms with E-state index >= 15 is 0 Å². The molecule has 2 aliphatic heterocycles. The van der Waals surface area contributed by atoms with Crippen molar-refractivity contribution in [1.82, 2.24) is 10.2 Å². The van der Waals surface area contributed by atoms with Crippen LogP contribution in [0.4, 0.5) is 11.4 Å². The number of hydrogen-bond donors (Lipinski definition) is 1. The molecule has 1 saturated heterocycles. The summed E-state index contributed by atoms with van der Waals surface area (Å²) in [6, 6.07) is 18.0. The Morgan fingerprint density at radius 3 is 2.12 bits per heavy atom. The summed E-state index contributed by atoms with van der Waals surface area (Å²) < 4.78 is 0. The molecule has 0 aromatic heterocycles. The summed E-state index contributed by atoms with van der Waals surface area (Å²) in [4.78, 5) is 31.6. The van der Waals surface area contributed by atoms with Crippen molar-refractivity contribution in [3.8, 4) is 6.07 Å². The number of anilines is 2. The number of carbonyl (C=O) groups excluding carboxylic acids is 2. The predicted octanol–water partition coefficient (Wildman–Crippen LogP) is 3.57. The molecular weight excluding hydrogens is 426 g/mol. The first-order valence-electron chi connectivity index (χ1n) is 11.8.